The lowest BCUT2D eigenvalue weighted by Crippen LogP contribution is -2.41. The Bertz CT molecular complexity index is 167. The summed E-state index contributed by atoms with van der Waals surface area (Å²) in [6.45, 7) is 8.18. The van der Waals surface area contributed by atoms with Crippen LogP contribution in [0.2, 0.25) is 0 Å². The average molecular weight is 225 g/mol. The lowest BCUT2D eigenvalue weighted by Gasteiger charge is -2.37. The van der Waals surface area contributed by atoms with Crippen molar-refractivity contribution < 1.29 is 0 Å². The summed E-state index contributed by atoms with van der Waals surface area (Å²) < 4.78 is 0. The van der Waals surface area contributed by atoms with E-state index in [4.69, 9.17) is 0 Å². The van der Waals surface area contributed by atoms with Crippen molar-refractivity contribution in [2.45, 2.75) is 78.2 Å². The zero-order chi connectivity index (χ0) is 11.8. The van der Waals surface area contributed by atoms with E-state index >= 15 is 0 Å². The first kappa shape index (κ1) is 14.0. The molecule has 0 saturated heterocycles. The van der Waals surface area contributed by atoms with Crippen molar-refractivity contribution in [2.24, 2.45) is 11.8 Å². The van der Waals surface area contributed by atoms with Gasteiger partial charge in [-0.3, -0.25) is 0 Å². The van der Waals surface area contributed by atoms with Crippen molar-refractivity contribution in [3.05, 3.63) is 0 Å². The SMILES string of the molecule is CCCNC(CCC)C1CCCCC1CC. The molecule has 0 aliphatic heterocycles. The van der Waals surface area contributed by atoms with Crippen LogP contribution in [0.25, 0.3) is 0 Å². The van der Waals surface area contributed by atoms with Crippen LogP contribution in [0.3, 0.4) is 0 Å². The van der Waals surface area contributed by atoms with Crippen LogP contribution >= 0.6 is 0 Å². The molecule has 1 N–H and O–H groups in total. The maximum absolute atomic E-state index is 3.80. The first-order chi connectivity index (χ1) is 7.83. The van der Waals surface area contributed by atoms with Gasteiger partial charge >= 0.3 is 0 Å². The molecule has 0 bridgehead atoms. The van der Waals surface area contributed by atoms with Crippen LogP contribution < -0.4 is 5.32 Å². The van der Waals surface area contributed by atoms with Crippen LogP contribution in [0.4, 0.5) is 0 Å². The van der Waals surface area contributed by atoms with Gasteiger partial charge in [0.15, 0.2) is 0 Å². The molecular weight excluding hydrogens is 194 g/mol. The maximum Gasteiger partial charge on any atom is 0.00978 e. The van der Waals surface area contributed by atoms with Crippen LogP contribution in [0, 0.1) is 11.8 Å². The maximum atomic E-state index is 3.80. The first-order valence-corrected chi connectivity index (χ1v) is 7.56. The zero-order valence-electron chi connectivity index (χ0n) is 11.6. The quantitative estimate of drug-likeness (QED) is 0.678. The van der Waals surface area contributed by atoms with Crippen molar-refractivity contribution in [3.63, 3.8) is 0 Å². The molecule has 16 heavy (non-hydrogen) atoms. The Labute approximate surface area is 102 Å². The van der Waals surface area contributed by atoms with Gasteiger partial charge in [-0.15, -0.1) is 0 Å². The van der Waals surface area contributed by atoms with Crippen LogP contribution in [-0.4, -0.2) is 12.6 Å². The predicted molar refractivity (Wildman–Crippen MR) is 72.7 cm³/mol. The van der Waals surface area contributed by atoms with E-state index in [-0.39, 0.29) is 0 Å². The van der Waals surface area contributed by atoms with Gasteiger partial charge in [-0.25, -0.2) is 0 Å². The third-order valence-corrected chi connectivity index (χ3v) is 4.27. The third-order valence-electron chi connectivity index (χ3n) is 4.27. The minimum Gasteiger partial charge on any atom is -0.314 e. The standard InChI is InChI=1S/C15H31N/c1-4-9-15(16-12-5-2)14-11-8-7-10-13(14)6-3/h13-16H,4-12H2,1-3H3. The average Bonchev–Trinajstić information content (AvgIpc) is 2.34. The minimum atomic E-state index is 0.801. The van der Waals surface area contributed by atoms with Crippen molar-refractivity contribution in [1.82, 2.24) is 5.32 Å². The number of hydrogen-bond donors (Lipinski definition) is 1. The Morgan fingerprint density at radius 3 is 2.44 bits per heavy atom. The highest BCUT2D eigenvalue weighted by atomic mass is 14.9. The summed E-state index contributed by atoms with van der Waals surface area (Å²) in [5.41, 5.74) is 0. The molecule has 0 heterocycles. The fraction of sp³-hybridized carbons (Fsp3) is 1.00. The van der Waals surface area contributed by atoms with Gasteiger partial charge in [0.05, 0.1) is 0 Å². The van der Waals surface area contributed by atoms with Crippen molar-refractivity contribution in [1.29, 1.82) is 0 Å². The van der Waals surface area contributed by atoms with E-state index in [9.17, 15) is 0 Å². The molecule has 1 aliphatic carbocycles. The molecule has 96 valence electrons. The highest BCUT2D eigenvalue weighted by Crippen LogP contribution is 2.35. The molecule has 0 aromatic rings. The van der Waals surface area contributed by atoms with Gasteiger partial charge in [0.1, 0.15) is 0 Å². The van der Waals surface area contributed by atoms with Crippen molar-refractivity contribution in [3.8, 4) is 0 Å². The van der Waals surface area contributed by atoms with Crippen molar-refractivity contribution >= 4 is 0 Å². The number of nitrogens with one attached hydrogen (secondary N) is 1. The molecule has 1 fully saturated rings. The molecule has 0 aromatic carbocycles. The summed E-state index contributed by atoms with van der Waals surface area (Å²) in [5, 5.41) is 3.80. The molecule has 0 aromatic heterocycles. The van der Waals surface area contributed by atoms with E-state index < -0.39 is 0 Å². The molecule has 0 spiro atoms. The van der Waals surface area contributed by atoms with E-state index in [1.165, 1.54) is 57.9 Å². The van der Waals surface area contributed by atoms with Gasteiger partial charge in [-0.2, -0.15) is 0 Å². The molecule has 1 rings (SSSR count). The summed E-state index contributed by atoms with van der Waals surface area (Å²) in [5.74, 6) is 1.96. The van der Waals surface area contributed by atoms with E-state index in [0.717, 1.165) is 17.9 Å². The van der Waals surface area contributed by atoms with E-state index in [1.54, 1.807) is 0 Å². The van der Waals surface area contributed by atoms with Crippen LogP contribution in [-0.2, 0) is 0 Å². The Morgan fingerprint density at radius 2 is 1.81 bits per heavy atom. The number of hydrogen-bond acceptors (Lipinski definition) is 1. The molecule has 1 saturated carbocycles. The molecular formula is C15H31N. The smallest absolute Gasteiger partial charge is 0.00978 e. The minimum absolute atomic E-state index is 0.801. The Hall–Kier alpha value is -0.0400. The highest BCUT2D eigenvalue weighted by molar-refractivity contribution is 4.84. The second-order valence-corrected chi connectivity index (χ2v) is 5.47. The fourth-order valence-corrected chi connectivity index (χ4v) is 3.38. The number of rotatable bonds is 7. The predicted octanol–water partition coefficient (Wildman–Crippen LogP) is 4.37. The van der Waals surface area contributed by atoms with Crippen LogP contribution in [0.15, 0.2) is 0 Å². The van der Waals surface area contributed by atoms with E-state index in [1.807, 2.05) is 0 Å². The molecule has 1 heteroatoms. The van der Waals surface area contributed by atoms with Crippen molar-refractivity contribution in [2.75, 3.05) is 6.54 Å². The highest BCUT2D eigenvalue weighted by Gasteiger charge is 2.29. The summed E-state index contributed by atoms with van der Waals surface area (Å²) >= 11 is 0. The first-order valence-electron chi connectivity index (χ1n) is 7.56. The monoisotopic (exact) mass is 225 g/mol. The second-order valence-electron chi connectivity index (χ2n) is 5.47. The Balaban J connectivity index is 2.51. The molecule has 3 atom stereocenters. The second kappa shape index (κ2) is 8.11. The van der Waals surface area contributed by atoms with Gasteiger partial charge in [0.25, 0.3) is 0 Å². The summed E-state index contributed by atoms with van der Waals surface area (Å²) in [6, 6.07) is 0.801. The van der Waals surface area contributed by atoms with Crippen LogP contribution in [0.5, 0.6) is 0 Å². The zero-order valence-corrected chi connectivity index (χ0v) is 11.6. The topological polar surface area (TPSA) is 12.0 Å². The van der Waals surface area contributed by atoms with Crippen LogP contribution in [0.1, 0.15) is 72.1 Å². The molecule has 0 radical (unpaired) electrons. The van der Waals surface area contributed by atoms with Gasteiger partial charge in [0, 0.05) is 6.04 Å². The normalized spacial score (nSPS) is 27.9. The summed E-state index contributed by atoms with van der Waals surface area (Å²) in [4.78, 5) is 0. The van der Waals surface area contributed by atoms with E-state index in [0.29, 0.717) is 0 Å². The molecule has 1 nitrogen and oxygen atoms in total. The largest absolute Gasteiger partial charge is 0.314 e. The van der Waals surface area contributed by atoms with Gasteiger partial charge < -0.3 is 5.32 Å². The van der Waals surface area contributed by atoms with Gasteiger partial charge in [0.2, 0.25) is 0 Å². The molecule has 1 aliphatic rings. The lowest BCUT2D eigenvalue weighted by atomic mass is 9.73. The van der Waals surface area contributed by atoms with E-state index in [2.05, 4.69) is 26.1 Å². The summed E-state index contributed by atoms with van der Waals surface area (Å²) in [6.07, 6.45) is 11.3. The van der Waals surface area contributed by atoms with Gasteiger partial charge in [-0.1, -0.05) is 52.9 Å². The Morgan fingerprint density at radius 1 is 1.06 bits per heavy atom. The summed E-state index contributed by atoms with van der Waals surface area (Å²) in [7, 11) is 0. The lowest BCUT2D eigenvalue weighted by molar-refractivity contribution is 0.168. The molecule has 0 amide bonds. The van der Waals surface area contributed by atoms with Gasteiger partial charge in [-0.05, 0) is 37.6 Å². The third kappa shape index (κ3) is 4.08. The fourth-order valence-electron chi connectivity index (χ4n) is 3.38. The Kier molecular flexibility index (Phi) is 7.11. The molecule has 3 unspecified atom stereocenters.